The van der Waals surface area contributed by atoms with Gasteiger partial charge >= 0.3 is 0 Å². The Balaban J connectivity index is 2.72. The highest BCUT2D eigenvalue weighted by molar-refractivity contribution is 6.32. The van der Waals surface area contributed by atoms with E-state index < -0.39 is 0 Å². The molecule has 0 radical (unpaired) electrons. The summed E-state index contributed by atoms with van der Waals surface area (Å²) in [6.07, 6.45) is 0.784. The Kier molecular flexibility index (Phi) is 6.67. The Bertz CT molecular complexity index is 435. The highest BCUT2D eigenvalue weighted by Gasteiger charge is 2.12. The quantitative estimate of drug-likeness (QED) is 0.784. The number of nitrogens with one attached hydrogen (secondary N) is 1. The Morgan fingerprint density at radius 2 is 2.16 bits per heavy atom. The lowest BCUT2D eigenvalue weighted by Crippen LogP contribution is -2.26. The maximum atomic E-state index is 12.0. The summed E-state index contributed by atoms with van der Waals surface area (Å²) >= 11 is 6.08. The minimum atomic E-state index is -0.126. The van der Waals surface area contributed by atoms with E-state index in [0.717, 1.165) is 12.0 Å². The lowest BCUT2D eigenvalue weighted by molar-refractivity contribution is 0.0948. The van der Waals surface area contributed by atoms with Crippen LogP contribution in [0, 0.1) is 6.92 Å². The molecule has 0 unspecified atom stereocenters. The predicted octanol–water partition coefficient (Wildman–Crippen LogP) is 2.81. The highest BCUT2D eigenvalue weighted by Crippen LogP contribution is 2.28. The maximum absolute atomic E-state index is 12.0. The molecule has 0 aliphatic heterocycles. The van der Waals surface area contributed by atoms with Crippen molar-refractivity contribution in [1.29, 1.82) is 0 Å². The van der Waals surface area contributed by atoms with Gasteiger partial charge in [0.2, 0.25) is 0 Å². The number of rotatable bonds is 7. The summed E-state index contributed by atoms with van der Waals surface area (Å²) in [6.45, 7) is 5.51. The Morgan fingerprint density at radius 1 is 1.42 bits per heavy atom. The van der Waals surface area contributed by atoms with E-state index in [1.807, 2.05) is 13.8 Å². The first-order chi connectivity index (χ1) is 9.10. The van der Waals surface area contributed by atoms with Crippen LogP contribution in [0.3, 0.4) is 0 Å². The lowest BCUT2D eigenvalue weighted by atomic mass is 10.1. The van der Waals surface area contributed by atoms with E-state index in [1.165, 1.54) is 0 Å². The monoisotopic (exact) mass is 285 g/mol. The van der Waals surface area contributed by atoms with Gasteiger partial charge in [-0.25, -0.2) is 0 Å². The molecule has 0 aliphatic carbocycles. The first kappa shape index (κ1) is 15.8. The third-order valence-corrected chi connectivity index (χ3v) is 2.93. The van der Waals surface area contributed by atoms with Gasteiger partial charge in [0.05, 0.1) is 11.6 Å². The molecule has 0 saturated carbocycles. The van der Waals surface area contributed by atoms with Gasteiger partial charge in [0.25, 0.3) is 5.91 Å². The second-order valence-corrected chi connectivity index (χ2v) is 4.54. The van der Waals surface area contributed by atoms with Crippen molar-refractivity contribution in [1.82, 2.24) is 5.32 Å². The van der Waals surface area contributed by atoms with Crippen LogP contribution in [0.2, 0.25) is 5.02 Å². The third kappa shape index (κ3) is 4.73. The van der Waals surface area contributed by atoms with Gasteiger partial charge in [-0.15, -0.1) is 0 Å². The SMILES string of the molecule is CCOc1cc(C)c(C(=O)NCCCOC)cc1Cl. The summed E-state index contributed by atoms with van der Waals surface area (Å²) in [5.41, 5.74) is 1.42. The van der Waals surface area contributed by atoms with Crippen LogP contribution in [0.1, 0.15) is 29.3 Å². The Labute approximate surface area is 119 Å². The number of ether oxygens (including phenoxy) is 2. The summed E-state index contributed by atoms with van der Waals surface area (Å²) < 4.78 is 10.3. The molecule has 0 bridgehead atoms. The van der Waals surface area contributed by atoms with Crippen LogP contribution in [0.5, 0.6) is 5.75 Å². The van der Waals surface area contributed by atoms with Gasteiger partial charge in [-0.05, 0) is 38.0 Å². The Morgan fingerprint density at radius 3 is 2.79 bits per heavy atom. The summed E-state index contributed by atoms with van der Waals surface area (Å²) in [5, 5.41) is 3.29. The van der Waals surface area contributed by atoms with E-state index in [-0.39, 0.29) is 5.91 Å². The average molecular weight is 286 g/mol. The molecule has 1 rings (SSSR count). The van der Waals surface area contributed by atoms with Crippen LogP contribution in [-0.2, 0) is 4.74 Å². The van der Waals surface area contributed by atoms with Gasteiger partial charge in [-0.1, -0.05) is 11.6 Å². The van der Waals surface area contributed by atoms with Crippen LogP contribution in [0.25, 0.3) is 0 Å². The molecular weight excluding hydrogens is 266 g/mol. The first-order valence-electron chi connectivity index (χ1n) is 6.30. The lowest BCUT2D eigenvalue weighted by Gasteiger charge is -2.11. The molecule has 106 valence electrons. The smallest absolute Gasteiger partial charge is 0.251 e. The van der Waals surface area contributed by atoms with Crippen molar-refractivity contribution >= 4 is 17.5 Å². The molecule has 0 spiro atoms. The Hall–Kier alpha value is -1.26. The standard InChI is InChI=1S/C14H20ClNO3/c1-4-19-13-8-10(2)11(9-12(13)15)14(17)16-6-5-7-18-3/h8-9H,4-7H2,1-3H3,(H,16,17). The van der Waals surface area contributed by atoms with Crippen LogP contribution < -0.4 is 10.1 Å². The van der Waals surface area contributed by atoms with Crippen molar-refractivity contribution in [3.05, 3.63) is 28.3 Å². The minimum Gasteiger partial charge on any atom is -0.492 e. The fourth-order valence-electron chi connectivity index (χ4n) is 1.68. The zero-order valence-corrected chi connectivity index (χ0v) is 12.3. The molecule has 0 fully saturated rings. The van der Waals surface area contributed by atoms with Gasteiger partial charge in [-0.3, -0.25) is 4.79 Å². The van der Waals surface area contributed by atoms with Gasteiger partial charge in [0.1, 0.15) is 5.75 Å². The van der Waals surface area contributed by atoms with Crippen molar-refractivity contribution in [2.24, 2.45) is 0 Å². The largest absolute Gasteiger partial charge is 0.492 e. The molecule has 4 nitrogen and oxygen atoms in total. The first-order valence-corrected chi connectivity index (χ1v) is 6.68. The molecule has 1 aromatic rings. The fourth-order valence-corrected chi connectivity index (χ4v) is 1.90. The van der Waals surface area contributed by atoms with Gasteiger partial charge in [0.15, 0.2) is 0 Å². The topological polar surface area (TPSA) is 47.6 Å². The van der Waals surface area contributed by atoms with E-state index in [2.05, 4.69) is 5.32 Å². The van der Waals surface area contributed by atoms with Crippen molar-refractivity contribution in [3.63, 3.8) is 0 Å². The van der Waals surface area contributed by atoms with E-state index in [4.69, 9.17) is 21.1 Å². The summed E-state index contributed by atoms with van der Waals surface area (Å²) in [7, 11) is 1.64. The van der Waals surface area contributed by atoms with Crippen molar-refractivity contribution in [2.45, 2.75) is 20.3 Å². The minimum absolute atomic E-state index is 0.126. The average Bonchev–Trinajstić information content (AvgIpc) is 2.38. The van der Waals surface area contributed by atoms with Crippen LogP contribution in [0.4, 0.5) is 0 Å². The molecule has 1 N–H and O–H groups in total. The van der Waals surface area contributed by atoms with E-state index in [0.29, 0.717) is 36.1 Å². The van der Waals surface area contributed by atoms with Gasteiger partial charge in [0, 0.05) is 25.8 Å². The highest BCUT2D eigenvalue weighted by atomic mass is 35.5. The molecule has 5 heteroatoms. The molecule has 1 aromatic carbocycles. The number of halogens is 1. The number of hydrogen-bond donors (Lipinski definition) is 1. The molecule has 0 aromatic heterocycles. The summed E-state index contributed by atoms with van der Waals surface area (Å²) in [6, 6.07) is 3.43. The third-order valence-electron chi connectivity index (χ3n) is 2.63. The van der Waals surface area contributed by atoms with E-state index >= 15 is 0 Å². The number of benzene rings is 1. The molecule has 0 atom stereocenters. The van der Waals surface area contributed by atoms with Crippen molar-refractivity contribution < 1.29 is 14.3 Å². The number of carbonyl (C=O) groups is 1. The fraction of sp³-hybridized carbons (Fsp3) is 0.500. The summed E-state index contributed by atoms with van der Waals surface area (Å²) in [5.74, 6) is 0.483. The van der Waals surface area contributed by atoms with E-state index in [9.17, 15) is 4.79 Å². The number of methoxy groups -OCH3 is 1. The molecule has 0 saturated heterocycles. The van der Waals surface area contributed by atoms with E-state index in [1.54, 1.807) is 19.2 Å². The van der Waals surface area contributed by atoms with Crippen LogP contribution in [0.15, 0.2) is 12.1 Å². The normalized spacial score (nSPS) is 10.3. The second-order valence-electron chi connectivity index (χ2n) is 4.13. The molecule has 0 aliphatic rings. The number of carbonyl (C=O) groups excluding carboxylic acids is 1. The molecule has 0 heterocycles. The zero-order chi connectivity index (χ0) is 14.3. The molecule has 19 heavy (non-hydrogen) atoms. The van der Waals surface area contributed by atoms with Gasteiger partial charge in [-0.2, -0.15) is 0 Å². The van der Waals surface area contributed by atoms with Crippen molar-refractivity contribution in [3.8, 4) is 5.75 Å². The van der Waals surface area contributed by atoms with Crippen molar-refractivity contribution in [2.75, 3.05) is 26.9 Å². The summed E-state index contributed by atoms with van der Waals surface area (Å²) in [4.78, 5) is 12.0. The zero-order valence-electron chi connectivity index (χ0n) is 11.6. The molecular formula is C14H20ClNO3. The number of hydrogen-bond acceptors (Lipinski definition) is 3. The van der Waals surface area contributed by atoms with Crippen LogP contribution >= 0.6 is 11.6 Å². The second kappa shape index (κ2) is 8.02. The predicted molar refractivity (Wildman–Crippen MR) is 76.2 cm³/mol. The van der Waals surface area contributed by atoms with Crippen LogP contribution in [-0.4, -0.2) is 32.8 Å². The number of aryl methyl sites for hydroxylation is 1. The molecule has 1 amide bonds. The number of amides is 1. The van der Waals surface area contributed by atoms with Gasteiger partial charge < -0.3 is 14.8 Å². The maximum Gasteiger partial charge on any atom is 0.251 e.